The van der Waals surface area contributed by atoms with E-state index in [1.807, 2.05) is 0 Å². The van der Waals surface area contributed by atoms with Crippen molar-refractivity contribution in [1.29, 1.82) is 0 Å². The first kappa shape index (κ1) is 17.6. The number of halogens is 1. The SMILES string of the molecule is CCC(C)C1([O-])CCCCCC1.[Br-].[Mg+2]. The first-order valence-corrected chi connectivity index (χ1v) is 5.39. The second-order valence-corrected chi connectivity index (χ2v) is 4.29. The second kappa shape index (κ2) is 8.37. The van der Waals surface area contributed by atoms with Gasteiger partial charge in [0, 0.05) is 0 Å². The minimum absolute atomic E-state index is 0. The van der Waals surface area contributed by atoms with Crippen LogP contribution in [-0.4, -0.2) is 28.7 Å². The van der Waals surface area contributed by atoms with Gasteiger partial charge in [-0.15, -0.1) is 5.60 Å². The molecule has 0 heterocycles. The minimum atomic E-state index is -0.578. The van der Waals surface area contributed by atoms with Gasteiger partial charge in [0.05, 0.1) is 0 Å². The Bertz CT molecular complexity index is 133. The van der Waals surface area contributed by atoms with Crippen molar-refractivity contribution >= 4 is 23.1 Å². The van der Waals surface area contributed by atoms with Crippen molar-refractivity contribution in [3.63, 3.8) is 0 Å². The first-order valence-electron chi connectivity index (χ1n) is 5.39. The Balaban J connectivity index is 0. The van der Waals surface area contributed by atoms with Crippen LogP contribution in [0, 0.1) is 5.92 Å². The molecule has 0 aromatic heterocycles. The van der Waals surface area contributed by atoms with Gasteiger partial charge in [-0.1, -0.05) is 64.7 Å². The molecule has 0 saturated heterocycles. The summed E-state index contributed by atoms with van der Waals surface area (Å²) in [4.78, 5) is 0. The molecule has 0 bridgehead atoms. The van der Waals surface area contributed by atoms with Gasteiger partial charge in [0.25, 0.3) is 0 Å². The molecule has 0 N–H and O–H groups in total. The third kappa shape index (κ3) is 4.82. The zero-order valence-electron chi connectivity index (χ0n) is 9.52. The van der Waals surface area contributed by atoms with E-state index in [0.29, 0.717) is 5.92 Å². The van der Waals surface area contributed by atoms with Crippen LogP contribution in [0.5, 0.6) is 0 Å². The van der Waals surface area contributed by atoms with Crippen molar-refractivity contribution < 1.29 is 22.1 Å². The molecule has 80 valence electrons. The van der Waals surface area contributed by atoms with E-state index < -0.39 is 5.60 Å². The van der Waals surface area contributed by atoms with Gasteiger partial charge in [-0.3, -0.25) is 0 Å². The smallest absolute Gasteiger partial charge is 1.00 e. The monoisotopic (exact) mass is 272 g/mol. The van der Waals surface area contributed by atoms with Crippen LogP contribution in [0.25, 0.3) is 0 Å². The Kier molecular flexibility index (Phi) is 10.5. The topological polar surface area (TPSA) is 23.1 Å². The zero-order valence-corrected chi connectivity index (χ0v) is 12.5. The molecule has 0 aromatic rings. The Labute approximate surface area is 115 Å². The number of rotatable bonds is 2. The summed E-state index contributed by atoms with van der Waals surface area (Å²) in [6.45, 7) is 4.26. The maximum atomic E-state index is 12.3. The third-order valence-electron chi connectivity index (χ3n) is 3.46. The molecular weight excluding hydrogens is 252 g/mol. The molecule has 1 fully saturated rings. The molecule has 0 aliphatic heterocycles. The van der Waals surface area contributed by atoms with E-state index in [1.165, 1.54) is 12.8 Å². The Morgan fingerprint density at radius 1 is 1.14 bits per heavy atom. The molecule has 0 aromatic carbocycles. The van der Waals surface area contributed by atoms with Crippen molar-refractivity contribution in [2.75, 3.05) is 0 Å². The summed E-state index contributed by atoms with van der Waals surface area (Å²) in [5, 5.41) is 12.3. The molecule has 0 amide bonds. The average molecular weight is 273 g/mol. The largest absolute Gasteiger partial charge is 2.00 e. The third-order valence-corrected chi connectivity index (χ3v) is 3.46. The van der Waals surface area contributed by atoms with Gasteiger partial charge in [0.2, 0.25) is 0 Å². The van der Waals surface area contributed by atoms with Crippen LogP contribution in [0.2, 0.25) is 0 Å². The minimum Gasteiger partial charge on any atom is -1.00 e. The second-order valence-electron chi connectivity index (χ2n) is 4.29. The van der Waals surface area contributed by atoms with Gasteiger partial charge in [-0.25, -0.2) is 0 Å². The summed E-state index contributed by atoms with van der Waals surface area (Å²) >= 11 is 0. The fourth-order valence-corrected chi connectivity index (χ4v) is 2.19. The summed E-state index contributed by atoms with van der Waals surface area (Å²) in [6.07, 6.45) is 7.76. The molecule has 1 atom stereocenters. The Hall–Kier alpha value is 1.21. The summed E-state index contributed by atoms with van der Waals surface area (Å²) in [5.41, 5.74) is -0.578. The predicted octanol–water partition coefficient (Wildman–Crippen LogP) is -0.891. The van der Waals surface area contributed by atoms with Crippen LogP contribution in [-0.2, 0) is 0 Å². The van der Waals surface area contributed by atoms with E-state index in [1.54, 1.807) is 0 Å². The van der Waals surface area contributed by atoms with Crippen LogP contribution in [0.15, 0.2) is 0 Å². The van der Waals surface area contributed by atoms with Crippen molar-refractivity contribution in [1.82, 2.24) is 0 Å². The molecule has 14 heavy (non-hydrogen) atoms. The molecular formula is C11H21BrMgO. The van der Waals surface area contributed by atoms with E-state index in [2.05, 4.69) is 13.8 Å². The van der Waals surface area contributed by atoms with E-state index >= 15 is 0 Å². The van der Waals surface area contributed by atoms with Crippen molar-refractivity contribution in [3.8, 4) is 0 Å². The Morgan fingerprint density at radius 3 is 1.93 bits per heavy atom. The quantitative estimate of drug-likeness (QED) is 0.473. The summed E-state index contributed by atoms with van der Waals surface area (Å²) in [5.74, 6) is 0.371. The Morgan fingerprint density at radius 2 is 1.57 bits per heavy atom. The molecule has 1 rings (SSSR count). The molecule has 1 aliphatic rings. The van der Waals surface area contributed by atoms with E-state index in [-0.39, 0.29) is 40.0 Å². The average Bonchev–Trinajstić information content (AvgIpc) is 2.29. The van der Waals surface area contributed by atoms with Crippen molar-refractivity contribution in [2.24, 2.45) is 5.92 Å². The maximum absolute atomic E-state index is 12.3. The van der Waals surface area contributed by atoms with Crippen LogP contribution < -0.4 is 22.1 Å². The fourth-order valence-electron chi connectivity index (χ4n) is 2.19. The van der Waals surface area contributed by atoms with Crippen LogP contribution in [0.4, 0.5) is 0 Å². The molecule has 1 aliphatic carbocycles. The number of hydrogen-bond acceptors (Lipinski definition) is 1. The maximum Gasteiger partial charge on any atom is 2.00 e. The predicted molar refractivity (Wildman–Crippen MR) is 55.6 cm³/mol. The van der Waals surface area contributed by atoms with E-state index in [9.17, 15) is 5.11 Å². The summed E-state index contributed by atoms with van der Waals surface area (Å²) in [7, 11) is 0. The number of hydrogen-bond donors (Lipinski definition) is 0. The van der Waals surface area contributed by atoms with Gasteiger partial charge >= 0.3 is 23.1 Å². The van der Waals surface area contributed by atoms with Gasteiger partial charge < -0.3 is 22.1 Å². The standard InChI is InChI=1S/C11H21O.BrH.Mg/c1-3-10(2)11(12)8-6-4-5-7-9-11;;/h10H,3-9H2,1-2H3;1H;/q-1;;+2/p-1. The molecule has 0 spiro atoms. The van der Waals surface area contributed by atoms with Gasteiger partial charge in [-0.05, 0) is 0 Å². The van der Waals surface area contributed by atoms with Crippen LogP contribution >= 0.6 is 0 Å². The summed E-state index contributed by atoms with van der Waals surface area (Å²) in [6, 6.07) is 0. The normalized spacial score (nSPS) is 22.5. The van der Waals surface area contributed by atoms with E-state index in [4.69, 9.17) is 0 Å². The summed E-state index contributed by atoms with van der Waals surface area (Å²) < 4.78 is 0. The van der Waals surface area contributed by atoms with Gasteiger partial charge in [0.1, 0.15) is 0 Å². The van der Waals surface area contributed by atoms with Gasteiger partial charge in [0.15, 0.2) is 0 Å². The molecule has 1 nitrogen and oxygen atoms in total. The van der Waals surface area contributed by atoms with Crippen molar-refractivity contribution in [3.05, 3.63) is 0 Å². The first-order chi connectivity index (χ1) is 5.69. The van der Waals surface area contributed by atoms with Crippen LogP contribution in [0.3, 0.4) is 0 Å². The molecule has 0 radical (unpaired) electrons. The molecule has 3 heteroatoms. The molecule has 1 saturated carbocycles. The van der Waals surface area contributed by atoms with E-state index in [0.717, 1.165) is 32.1 Å². The van der Waals surface area contributed by atoms with Crippen molar-refractivity contribution in [2.45, 2.75) is 64.4 Å². The fraction of sp³-hybridized carbons (Fsp3) is 1.00. The van der Waals surface area contributed by atoms with Gasteiger partial charge in [-0.2, -0.15) is 0 Å². The zero-order chi connectivity index (χ0) is 9.03. The molecule has 1 unspecified atom stereocenters. The van der Waals surface area contributed by atoms with Crippen LogP contribution in [0.1, 0.15) is 58.8 Å².